The van der Waals surface area contributed by atoms with Gasteiger partial charge in [0.2, 0.25) is 0 Å². The predicted octanol–water partition coefficient (Wildman–Crippen LogP) is 2.22. The number of nitrogens with zero attached hydrogens (tertiary/aromatic N) is 1. The lowest BCUT2D eigenvalue weighted by atomic mass is 10.2. The molecule has 6 nitrogen and oxygen atoms in total. The summed E-state index contributed by atoms with van der Waals surface area (Å²) >= 11 is 3.27. The van der Waals surface area contributed by atoms with Gasteiger partial charge >= 0.3 is 12.0 Å². The molecular formula is C13H18BrN3O3. The topological polar surface area (TPSA) is 81.7 Å². The van der Waals surface area contributed by atoms with Gasteiger partial charge in [-0.1, -0.05) is 6.92 Å². The first kappa shape index (κ1) is 16.5. The molecular weight excluding hydrogens is 326 g/mol. The van der Waals surface area contributed by atoms with Crippen LogP contribution in [0.3, 0.4) is 0 Å². The van der Waals surface area contributed by atoms with Gasteiger partial charge < -0.3 is 20.6 Å². The van der Waals surface area contributed by atoms with Crippen LogP contribution in [0.2, 0.25) is 0 Å². The lowest BCUT2D eigenvalue weighted by Gasteiger charge is -2.14. The minimum Gasteiger partial charge on any atom is -0.478 e. The molecule has 0 aromatic heterocycles. The summed E-state index contributed by atoms with van der Waals surface area (Å²) in [6.45, 7) is 4.22. The molecule has 0 bridgehead atoms. The zero-order valence-corrected chi connectivity index (χ0v) is 13.0. The first-order chi connectivity index (χ1) is 9.43. The fourth-order valence-electron chi connectivity index (χ4n) is 1.44. The van der Waals surface area contributed by atoms with Crippen molar-refractivity contribution < 1.29 is 14.7 Å². The molecule has 1 aromatic rings. The fraction of sp³-hybridized carbons (Fsp3) is 0.385. The number of anilines is 1. The molecule has 7 heteroatoms. The summed E-state index contributed by atoms with van der Waals surface area (Å²) in [5, 5.41) is 14.2. The number of benzene rings is 1. The van der Waals surface area contributed by atoms with E-state index in [0.29, 0.717) is 16.7 Å². The van der Waals surface area contributed by atoms with Gasteiger partial charge in [0.1, 0.15) is 0 Å². The van der Waals surface area contributed by atoms with Crippen LogP contribution in [0, 0.1) is 0 Å². The van der Waals surface area contributed by atoms with Crippen molar-refractivity contribution >= 4 is 33.6 Å². The van der Waals surface area contributed by atoms with Crippen molar-refractivity contribution in [2.24, 2.45) is 0 Å². The number of amides is 2. The number of carbonyl (C=O) groups is 2. The van der Waals surface area contributed by atoms with E-state index in [2.05, 4.69) is 31.5 Å². The van der Waals surface area contributed by atoms with Gasteiger partial charge in [-0.15, -0.1) is 0 Å². The number of rotatable bonds is 6. The van der Waals surface area contributed by atoms with Crippen LogP contribution < -0.4 is 10.6 Å². The van der Waals surface area contributed by atoms with Crippen LogP contribution in [0.15, 0.2) is 22.7 Å². The Balaban J connectivity index is 2.57. The molecule has 2 amide bonds. The number of carboxylic acids is 1. The van der Waals surface area contributed by atoms with E-state index in [9.17, 15) is 9.59 Å². The van der Waals surface area contributed by atoms with Crippen LogP contribution in [0.4, 0.5) is 10.5 Å². The largest absolute Gasteiger partial charge is 0.478 e. The molecule has 0 heterocycles. The first-order valence-electron chi connectivity index (χ1n) is 6.20. The Hall–Kier alpha value is -1.60. The van der Waals surface area contributed by atoms with Crippen molar-refractivity contribution in [2.45, 2.75) is 6.92 Å². The van der Waals surface area contributed by atoms with Crippen molar-refractivity contribution in [3.63, 3.8) is 0 Å². The highest BCUT2D eigenvalue weighted by molar-refractivity contribution is 9.10. The lowest BCUT2D eigenvalue weighted by molar-refractivity contribution is 0.0697. The van der Waals surface area contributed by atoms with Gasteiger partial charge in [-0.2, -0.15) is 0 Å². The van der Waals surface area contributed by atoms with E-state index < -0.39 is 5.97 Å². The summed E-state index contributed by atoms with van der Waals surface area (Å²) in [6, 6.07) is 4.09. The highest BCUT2D eigenvalue weighted by Crippen LogP contribution is 2.23. The Morgan fingerprint density at radius 2 is 2.10 bits per heavy atom. The molecule has 0 radical (unpaired) electrons. The summed E-state index contributed by atoms with van der Waals surface area (Å²) < 4.78 is 0.628. The van der Waals surface area contributed by atoms with Crippen LogP contribution in [-0.2, 0) is 0 Å². The Kier molecular flexibility index (Phi) is 6.47. The number of aromatic carboxylic acids is 1. The average Bonchev–Trinajstić information content (AvgIpc) is 2.40. The molecule has 0 saturated heterocycles. The molecule has 0 spiro atoms. The molecule has 0 unspecified atom stereocenters. The van der Waals surface area contributed by atoms with Crippen LogP contribution in [0.5, 0.6) is 0 Å². The van der Waals surface area contributed by atoms with Crippen molar-refractivity contribution in [2.75, 3.05) is 32.0 Å². The molecule has 1 aromatic carbocycles. The van der Waals surface area contributed by atoms with Gasteiger partial charge in [-0.3, -0.25) is 0 Å². The highest BCUT2D eigenvalue weighted by Gasteiger charge is 2.09. The summed E-state index contributed by atoms with van der Waals surface area (Å²) in [6.07, 6.45) is 0. The summed E-state index contributed by atoms with van der Waals surface area (Å²) in [4.78, 5) is 24.7. The first-order valence-corrected chi connectivity index (χ1v) is 6.99. The molecule has 0 atom stereocenters. The van der Waals surface area contributed by atoms with E-state index >= 15 is 0 Å². The average molecular weight is 344 g/mol. The summed E-state index contributed by atoms with van der Waals surface area (Å²) in [5.41, 5.74) is 0.542. The third-order valence-electron chi connectivity index (χ3n) is 2.78. The smallest absolute Gasteiger partial charge is 0.335 e. The molecule has 0 aliphatic rings. The normalized spacial score (nSPS) is 10.4. The maximum atomic E-state index is 11.7. The van der Waals surface area contributed by atoms with Crippen LogP contribution in [0.25, 0.3) is 0 Å². The second-order valence-electron chi connectivity index (χ2n) is 4.28. The van der Waals surface area contributed by atoms with Gasteiger partial charge in [0.25, 0.3) is 0 Å². The highest BCUT2D eigenvalue weighted by atomic mass is 79.9. The minimum absolute atomic E-state index is 0.120. The number of halogens is 1. The van der Waals surface area contributed by atoms with Crippen LogP contribution in [-0.4, -0.2) is 48.7 Å². The number of urea groups is 1. The van der Waals surface area contributed by atoms with Gasteiger partial charge in [-0.25, -0.2) is 9.59 Å². The van der Waals surface area contributed by atoms with Crippen molar-refractivity contribution in [1.29, 1.82) is 0 Å². The molecule has 20 heavy (non-hydrogen) atoms. The molecule has 0 aliphatic heterocycles. The van der Waals surface area contributed by atoms with E-state index in [1.165, 1.54) is 12.1 Å². The number of nitrogens with one attached hydrogen (secondary N) is 2. The summed E-state index contributed by atoms with van der Waals surface area (Å²) in [5.74, 6) is -1.04. The van der Waals surface area contributed by atoms with E-state index in [-0.39, 0.29) is 11.6 Å². The number of carbonyl (C=O) groups excluding carboxylic acids is 1. The number of likely N-dealkylation sites (N-methyl/N-ethyl adjacent to an activating group) is 1. The molecule has 0 aliphatic carbocycles. The zero-order valence-electron chi connectivity index (χ0n) is 11.4. The van der Waals surface area contributed by atoms with E-state index in [1.54, 1.807) is 6.07 Å². The second kappa shape index (κ2) is 7.86. The molecule has 3 N–H and O–H groups in total. The van der Waals surface area contributed by atoms with Crippen molar-refractivity contribution in [3.05, 3.63) is 28.2 Å². The van der Waals surface area contributed by atoms with Gasteiger partial charge in [0, 0.05) is 17.6 Å². The third kappa shape index (κ3) is 5.18. The van der Waals surface area contributed by atoms with Crippen molar-refractivity contribution in [1.82, 2.24) is 10.2 Å². The van der Waals surface area contributed by atoms with Gasteiger partial charge in [0.05, 0.1) is 11.3 Å². The standard InChI is InChI=1S/C13H18BrN3O3/c1-3-17(2)7-6-15-13(20)16-11-8-9(12(18)19)4-5-10(11)14/h4-5,8H,3,6-7H2,1-2H3,(H,18,19)(H2,15,16,20). The lowest BCUT2D eigenvalue weighted by Crippen LogP contribution is -2.35. The van der Waals surface area contributed by atoms with E-state index in [0.717, 1.165) is 13.1 Å². The Bertz CT molecular complexity index is 494. The van der Waals surface area contributed by atoms with Crippen molar-refractivity contribution in [3.8, 4) is 0 Å². The van der Waals surface area contributed by atoms with E-state index in [1.807, 2.05) is 14.0 Å². The molecule has 110 valence electrons. The quantitative estimate of drug-likeness (QED) is 0.739. The molecule has 1 rings (SSSR count). The number of hydrogen-bond acceptors (Lipinski definition) is 3. The number of hydrogen-bond donors (Lipinski definition) is 3. The Labute approximate surface area is 126 Å². The number of carboxylic acid groups (broad SMARTS) is 1. The van der Waals surface area contributed by atoms with Crippen LogP contribution >= 0.6 is 15.9 Å². The van der Waals surface area contributed by atoms with Gasteiger partial charge in [-0.05, 0) is 47.7 Å². The predicted molar refractivity (Wildman–Crippen MR) is 81.3 cm³/mol. The minimum atomic E-state index is -1.04. The summed E-state index contributed by atoms with van der Waals surface area (Å²) in [7, 11) is 1.96. The van der Waals surface area contributed by atoms with Crippen LogP contribution in [0.1, 0.15) is 17.3 Å². The SMILES string of the molecule is CCN(C)CCNC(=O)Nc1cc(C(=O)O)ccc1Br. The monoisotopic (exact) mass is 343 g/mol. The van der Waals surface area contributed by atoms with Gasteiger partial charge in [0.15, 0.2) is 0 Å². The zero-order chi connectivity index (χ0) is 15.1. The molecule has 0 saturated carbocycles. The maximum absolute atomic E-state index is 11.7. The second-order valence-corrected chi connectivity index (χ2v) is 5.13. The maximum Gasteiger partial charge on any atom is 0.335 e. The Morgan fingerprint density at radius 3 is 2.70 bits per heavy atom. The fourth-order valence-corrected chi connectivity index (χ4v) is 1.78. The molecule has 0 fully saturated rings. The third-order valence-corrected chi connectivity index (χ3v) is 3.47. The Morgan fingerprint density at radius 1 is 1.40 bits per heavy atom. The van der Waals surface area contributed by atoms with E-state index in [4.69, 9.17) is 5.11 Å².